The van der Waals surface area contributed by atoms with Crippen molar-refractivity contribution in [3.63, 3.8) is 0 Å². The number of hydrogen-bond donors (Lipinski definition) is 1. The molecule has 1 unspecified atom stereocenters. The van der Waals surface area contributed by atoms with Crippen LogP contribution in [0.1, 0.15) is 15.4 Å². The highest BCUT2D eigenvalue weighted by Crippen LogP contribution is 2.28. The van der Waals surface area contributed by atoms with Gasteiger partial charge < -0.3 is 14.7 Å². The summed E-state index contributed by atoms with van der Waals surface area (Å²) < 4.78 is 6.82. The molecule has 0 bridgehead atoms. The van der Waals surface area contributed by atoms with Gasteiger partial charge in [0.05, 0.1) is 25.0 Å². The Labute approximate surface area is 136 Å². The highest BCUT2D eigenvalue weighted by molar-refractivity contribution is 7.17. The predicted octanol–water partition coefficient (Wildman–Crippen LogP) is 0.778. The largest absolute Gasteiger partial charge is 0.479 e. The van der Waals surface area contributed by atoms with E-state index in [1.807, 2.05) is 13.2 Å². The Morgan fingerprint density at radius 3 is 2.91 bits per heavy atom. The smallest absolute Gasteiger partial charge is 0.334 e. The molecule has 1 saturated heterocycles. The molecule has 3 rings (SSSR count). The van der Waals surface area contributed by atoms with Crippen molar-refractivity contribution < 1.29 is 19.4 Å². The van der Waals surface area contributed by atoms with Gasteiger partial charge in [-0.2, -0.15) is 5.10 Å². The zero-order valence-corrected chi connectivity index (χ0v) is 13.5. The Morgan fingerprint density at radius 2 is 2.26 bits per heavy atom. The van der Waals surface area contributed by atoms with Gasteiger partial charge in [-0.3, -0.25) is 9.48 Å². The van der Waals surface area contributed by atoms with Crippen molar-refractivity contribution in [2.24, 2.45) is 7.05 Å². The number of carboxylic acids is 1. The lowest BCUT2D eigenvalue weighted by Gasteiger charge is -2.30. The number of aryl methyl sites for hydroxylation is 2. The van der Waals surface area contributed by atoms with Gasteiger partial charge in [0.25, 0.3) is 5.91 Å². The van der Waals surface area contributed by atoms with E-state index in [-0.39, 0.29) is 19.1 Å². The SMILES string of the molecule is Cc1nc(-c2cnn(C)c2)sc1C(=O)N1CCOC(C(=O)O)C1. The van der Waals surface area contributed by atoms with Crippen LogP contribution in [0.2, 0.25) is 0 Å². The van der Waals surface area contributed by atoms with Crippen molar-refractivity contribution in [3.8, 4) is 10.6 Å². The highest BCUT2D eigenvalue weighted by atomic mass is 32.1. The van der Waals surface area contributed by atoms with Crippen LogP contribution in [-0.2, 0) is 16.6 Å². The molecule has 8 nitrogen and oxygen atoms in total. The molecule has 2 aromatic rings. The van der Waals surface area contributed by atoms with Crippen molar-refractivity contribution in [2.45, 2.75) is 13.0 Å². The summed E-state index contributed by atoms with van der Waals surface area (Å²) >= 11 is 1.29. The van der Waals surface area contributed by atoms with Gasteiger partial charge in [0.1, 0.15) is 9.88 Å². The number of aliphatic carboxylic acids is 1. The van der Waals surface area contributed by atoms with E-state index in [0.29, 0.717) is 17.1 Å². The third-order valence-electron chi connectivity index (χ3n) is 3.57. The van der Waals surface area contributed by atoms with Crippen molar-refractivity contribution in [1.29, 1.82) is 0 Å². The van der Waals surface area contributed by atoms with E-state index in [0.717, 1.165) is 10.6 Å². The van der Waals surface area contributed by atoms with Crippen LogP contribution in [0.15, 0.2) is 12.4 Å². The van der Waals surface area contributed by atoms with Crippen molar-refractivity contribution >= 4 is 23.2 Å². The number of ether oxygens (including phenoxy) is 1. The zero-order valence-electron chi connectivity index (χ0n) is 12.7. The van der Waals surface area contributed by atoms with Gasteiger partial charge in [-0.15, -0.1) is 11.3 Å². The van der Waals surface area contributed by atoms with Crippen molar-refractivity contribution in [1.82, 2.24) is 19.7 Å². The quantitative estimate of drug-likeness (QED) is 0.889. The molecule has 1 atom stereocenters. The lowest BCUT2D eigenvalue weighted by atomic mass is 10.2. The van der Waals surface area contributed by atoms with Crippen LogP contribution in [-0.4, -0.2) is 62.4 Å². The molecule has 122 valence electrons. The number of nitrogens with zero attached hydrogens (tertiary/aromatic N) is 4. The molecular formula is C14H16N4O4S. The van der Waals surface area contributed by atoms with Gasteiger partial charge in [0.2, 0.25) is 0 Å². The Balaban J connectivity index is 1.82. The standard InChI is InChI=1S/C14H16N4O4S/c1-8-11(23-12(16-8)9-5-15-17(2)6-9)13(19)18-3-4-22-10(7-18)14(20)21/h5-6,10H,3-4,7H2,1-2H3,(H,20,21). The van der Waals surface area contributed by atoms with E-state index >= 15 is 0 Å². The molecule has 1 N–H and O–H groups in total. The van der Waals surface area contributed by atoms with Gasteiger partial charge >= 0.3 is 5.97 Å². The van der Waals surface area contributed by atoms with Crippen molar-refractivity contribution in [3.05, 3.63) is 23.0 Å². The number of hydrogen-bond acceptors (Lipinski definition) is 6. The van der Waals surface area contributed by atoms with Gasteiger partial charge in [0.15, 0.2) is 6.10 Å². The van der Waals surface area contributed by atoms with Gasteiger partial charge in [-0.1, -0.05) is 0 Å². The number of rotatable bonds is 3. The zero-order chi connectivity index (χ0) is 16.6. The van der Waals surface area contributed by atoms with Gasteiger partial charge in [-0.05, 0) is 6.92 Å². The fraction of sp³-hybridized carbons (Fsp3) is 0.429. The summed E-state index contributed by atoms with van der Waals surface area (Å²) in [5.74, 6) is -1.26. The Bertz CT molecular complexity index is 754. The van der Waals surface area contributed by atoms with Gasteiger partial charge in [-0.25, -0.2) is 9.78 Å². The monoisotopic (exact) mass is 336 g/mol. The first-order valence-electron chi connectivity index (χ1n) is 7.06. The fourth-order valence-electron chi connectivity index (χ4n) is 2.38. The number of carbonyl (C=O) groups is 2. The number of carbonyl (C=O) groups excluding carboxylic acids is 1. The second-order valence-corrected chi connectivity index (χ2v) is 6.28. The summed E-state index contributed by atoms with van der Waals surface area (Å²) in [5, 5.41) is 13.9. The molecule has 0 spiro atoms. The molecule has 23 heavy (non-hydrogen) atoms. The lowest BCUT2D eigenvalue weighted by Crippen LogP contribution is -2.48. The minimum absolute atomic E-state index is 0.0493. The van der Waals surface area contributed by atoms with E-state index in [2.05, 4.69) is 10.1 Å². The number of thiazole rings is 1. The van der Waals surface area contributed by atoms with E-state index in [4.69, 9.17) is 9.84 Å². The van der Waals surface area contributed by atoms with Crippen LogP contribution in [0.25, 0.3) is 10.6 Å². The van der Waals surface area contributed by atoms with Crippen LogP contribution in [0.5, 0.6) is 0 Å². The second-order valence-electron chi connectivity index (χ2n) is 5.29. The molecule has 1 amide bonds. The molecule has 1 aliphatic rings. The lowest BCUT2D eigenvalue weighted by molar-refractivity contribution is -0.154. The molecule has 1 fully saturated rings. The Kier molecular flexibility index (Phi) is 4.14. The minimum Gasteiger partial charge on any atom is -0.479 e. The van der Waals surface area contributed by atoms with Crippen LogP contribution in [0.3, 0.4) is 0 Å². The Hall–Kier alpha value is -2.26. The molecule has 9 heteroatoms. The van der Waals surface area contributed by atoms with Crippen LogP contribution in [0, 0.1) is 6.92 Å². The first-order chi connectivity index (χ1) is 11.0. The molecule has 0 aliphatic carbocycles. The average molecular weight is 336 g/mol. The van der Waals surface area contributed by atoms with E-state index in [1.165, 1.54) is 16.2 Å². The number of carboxylic acid groups (broad SMARTS) is 1. The number of morpholine rings is 1. The summed E-state index contributed by atoms with van der Waals surface area (Å²) in [5.41, 5.74) is 1.49. The molecule has 2 aromatic heterocycles. The van der Waals surface area contributed by atoms with E-state index in [9.17, 15) is 9.59 Å². The third-order valence-corrected chi connectivity index (χ3v) is 4.77. The molecular weight excluding hydrogens is 320 g/mol. The average Bonchev–Trinajstić information content (AvgIpc) is 3.12. The van der Waals surface area contributed by atoms with Crippen LogP contribution < -0.4 is 0 Å². The van der Waals surface area contributed by atoms with Crippen LogP contribution >= 0.6 is 11.3 Å². The molecule has 1 aliphatic heterocycles. The normalized spacial score (nSPS) is 18.2. The first-order valence-corrected chi connectivity index (χ1v) is 7.87. The van der Waals surface area contributed by atoms with E-state index in [1.54, 1.807) is 17.8 Å². The fourth-order valence-corrected chi connectivity index (χ4v) is 3.39. The molecule has 0 aromatic carbocycles. The summed E-state index contributed by atoms with van der Waals surface area (Å²) in [4.78, 5) is 30.2. The second kappa shape index (κ2) is 6.09. The summed E-state index contributed by atoms with van der Waals surface area (Å²) in [6, 6.07) is 0. The number of amides is 1. The highest BCUT2D eigenvalue weighted by Gasteiger charge is 2.31. The minimum atomic E-state index is -1.06. The van der Waals surface area contributed by atoms with Gasteiger partial charge in [0, 0.05) is 25.4 Å². The van der Waals surface area contributed by atoms with Crippen LogP contribution in [0.4, 0.5) is 0 Å². The predicted molar refractivity (Wildman–Crippen MR) is 82.3 cm³/mol. The Morgan fingerprint density at radius 1 is 1.48 bits per heavy atom. The third kappa shape index (κ3) is 3.10. The summed E-state index contributed by atoms with van der Waals surface area (Å²) in [6.07, 6.45) is 2.56. The maximum absolute atomic E-state index is 12.7. The maximum atomic E-state index is 12.7. The maximum Gasteiger partial charge on any atom is 0.334 e. The summed E-state index contributed by atoms with van der Waals surface area (Å²) in [6.45, 7) is 2.42. The summed E-state index contributed by atoms with van der Waals surface area (Å²) in [7, 11) is 1.82. The molecule has 0 radical (unpaired) electrons. The number of aromatic nitrogens is 3. The van der Waals surface area contributed by atoms with E-state index < -0.39 is 12.1 Å². The first kappa shape index (κ1) is 15.6. The molecule has 3 heterocycles. The molecule has 0 saturated carbocycles. The topological polar surface area (TPSA) is 97.5 Å². The van der Waals surface area contributed by atoms with Crippen molar-refractivity contribution in [2.75, 3.05) is 19.7 Å².